The van der Waals surface area contributed by atoms with E-state index in [1.807, 2.05) is 37.7 Å². The summed E-state index contributed by atoms with van der Waals surface area (Å²) in [6.45, 7) is 7.53. The summed E-state index contributed by atoms with van der Waals surface area (Å²) in [4.78, 5) is 10.4. The van der Waals surface area contributed by atoms with Gasteiger partial charge < -0.3 is 9.30 Å². The highest BCUT2D eigenvalue weighted by atomic mass is 16.5. The quantitative estimate of drug-likeness (QED) is 0.689. The maximum absolute atomic E-state index is 10.4. The highest BCUT2D eigenvalue weighted by molar-refractivity contribution is 5.74. The first-order chi connectivity index (χ1) is 6.51. The molecule has 0 spiro atoms. The topological polar surface area (TPSA) is 31.2 Å². The number of ether oxygens (including phenoxy) is 1. The van der Waals surface area contributed by atoms with E-state index in [1.54, 1.807) is 6.07 Å². The Bertz CT molecular complexity index is 296. The molecule has 0 aliphatic carbocycles. The summed E-state index contributed by atoms with van der Waals surface area (Å²) < 4.78 is 7.52. The molecule has 0 N–H and O–H groups in total. The lowest BCUT2D eigenvalue weighted by molar-refractivity contribution is -0.00680. The molecule has 0 aliphatic rings. The molecule has 1 heterocycles. The smallest absolute Gasteiger partial charge is 0.151 e. The van der Waals surface area contributed by atoms with Crippen molar-refractivity contribution in [2.75, 3.05) is 6.61 Å². The average molecular weight is 195 g/mol. The van der Waals surface area contributed by atoms with Gasteiger partial charge in [-0.3, -0.25) is 4.79 Å². The number of nitrogens with zero attached hydrogens (tertiary/aromatic N) is 1. The molecule has 0 saturated heterocycles. The number of aromatic nitrogens is 1. The van der Waals surface area contributed by atoms with E-state index in [4.69, 9.17) is 4.74 Å². The van der Waals surface area contributed by atoms with Gasteiger partial charge in [0, 0.05) is 24.5 Å². The number of carbonyl (C=O) groups excluding carboxylic acids is 1. The second-order valence-corrected chi connectivity index (χ2v) is 4.26. The Kier molecular flexibility index (Phi) is 3.47. The molecule has 0 fully saturated rings. The maximum Gasteiger partial charge on any atom is 0.151 e. The van der Waals surface area contributed by atoms with Gasteiger partial charge in [0.05, 0.1) is 12.2 Å². The molecule has 0 saturated carbocycles. The molecule has 1 rings (SSSR count). The van der Waals surface area contributed by atoms with E-state index in [9.17, 15) is 4.79 Å². The molecular formula is C11H17NO2. The lowest BCUT2D eigenvalue weighted by Crippen LogP contribution is -2.21. The fraction of sp³-hybridized carbons (Fsp3) is 0.545. The lowest BCUT2D eigenvalue weighted by Gasteiger charge is -2.19. The Labute approximate surface area is 84.7 Å². The summed E-state index contributed by atoms with van der Waals surface area (Å²) in [5, 5.41) is 0. The van der Waals surface area contributed by atoms with Crippen LogP contribution in [0.15, 0.2) is 18.5 Å². The van der Waals surface area contributed by atoms with Crippen LogP contribution in [0.2, 0.25) is 0 Å². The lowest BCUT2D eigenvalue weighted by atomic mass is 10.2. The van der Waals surface area contributed by atoms with Crippen molar-refractivity contribution in [2.45, 2.75) is 32.9 Å². The summed E-state index contributed by atoms with van der Waals surface area (Å²) in [5.74, 6) is 0. The van der Waals surface area contributed by atoms with Gasteiger partial charge in [-0.2, -0.15) is 0 Å². The molecule has 78 valence electrons. The molecule has 0 radical (unpaired) electrons. The Balaban J connectivity index is 2.35. The molecule has 0 aromatic carbocycles. The number of hydrogen-bond donors (Lipinski definition) is 0. The van der Waals surface area contributed by atoms with Crippen molar-refractivity contribution in [3.05, 3.63) is 24.0 Å². The third kappa shape index (κ3) is 3.75. The first kappa shape index (κ1) is 11.0. The molecule has 14 heavy (non-hydrogen) atoms. The average Bonchev–Trinajstić information content (AvgIpc) is 2.50. The van der Waals surface area contributed by atoms with Gasteiger partial charge in [0.2, 0.25) is 0 Å². The van der Waals surface area contributed by atoms with E-state index < -0.39 is 0 Å². The van der Waals surface area contributed by atoms with Crippen LogP contribution < -0.4 is 0 Å². The van der Waals surface area contributed by atoms with Crippen molar-refractivity contribution in [1.82, 2.24) is 4.57 Å². The zero-order valence-electron chi connectivity index (χ0n) is 8.99. The molecule has 1 aromatic heterocycles. The minimum Gasteiger partial charge on any atom is -0.374 e. The maximum atomic E-state index is 10.4. The summed E-state index contributed by atoms with van der Waals surface area (Å²) in [7, 11) is 0. The van der Waals surface area contributed by atoms with Crippen molar-refractivity contribution in [3.8, 4) is 0 Å². The second-order valence-electron chi connectivity index (χ2n) is 4.26. The van der Waals surface area contributed by atoms with Crippen molar-refractivity contribution >= 4 is 6.29 Å². The largest absolute Gasteiger partial charge is 0.374 e. The normalized spacial score (nSPS) is 11.6. The van der Waals surface area contributed by atoms with Crippen LogP contribution in [0.1, 0.15) is 31.1 Å². The van der Waals surface area contributed by atoms with Gasteiger partial charge in [-0.15, -0.1) is 0 Å². The first-order valence-electron chi connectivity index (χ1n) is 4.76. The summed E-state index contributed by atoms with van der Waals surface area (Å²) in [6.07, 6.45) is 4.55. The Morgan fingerprint density at radius 1 is 1.50 bits per heavy atom. The molecule has 3 nitrogen and oxygen atoms in total. The monoisotopic (exact) mass is 195 g/mol. The van der Waals surface area contributed by atoms with Gasteiger partial charge in [0.15, 0.2) is 6.29 Å². The highest BCUT2D eigenvalue weighted by Gasteiger charge is 2.09. The Morgan fingerprint density at radius 2 is 2.21 bits per heavy atom. The van der Waals surface area contributed by atoms with Crippen LogP contribution in [-0.2, 0) is 11.3 Å². The van der Waals surface area contributed by atoms with Gasteiger partial charge in [-0.1, -0.05) is 0 Å². The minimum atomic E-state index is -0.0966. The van der Waals surface area contributed by atoms with Gasteiger partial charge in [-0.25, -0.2) is 0 Å². The zero-order valence-corrected chi connectivity index (χ0v) is 8.99. The molecule has 0 aliphatic heterocycles. The van der Waals surface area contributed by atoms with Gasteiger partial charge in [0.1, 0.15) is 0 Å². The molecule has 3 heteroatoms. The Morgan fingerprint density at radius 3 is 2.71 bits per heavy atom. The number of hydrogen-bond acceptors (Lipinski definition) is 2. The van der Waals surface area contributed by atoms with Crippen LogP contribution in [0.5, 0.6) is 0 Å². The fourth-order valence-corrected chi connectivity index (χ4v) is 1.13. The predicted molar refractivity (Wildman–Crippen MR) is 55.5 cm³/mol. The van der Waals surface area contributed by atoms with Crippen LogP contribution >= 0.6 is 0 Å². The number of aldehydes is 1. The van der Waals surface area contributed by atoms with E-state index in [0.717, 1.165) is 12.8 Å². The van der Waals surface area contributed by atoms with Gasteiger partial charge >= 0.3 is 0 Å². The number of rotatable bonds is 4. The van der Waals surface area contributed by atoms with E-state index in [0.29, 0.717) is 12.2 Å². The molecule has 1 aromatic rings. The van der Waals surface area contributed by atoms with Crippen LogP contribution in [0.25, 0.3) is 0 Å². The number of carbonyl (C=O) groups is 1. The van der Waals surface area contributed by atoms with Crippen LogP contribution in [-0.4, -0.2) is 23.1 Å². The van der Waals surface area contributed by atoms with Gasteiger partial charge in [0.25, 0.3) is 0 Å². The summed E-state index contributed by atoms with van der Waals surface area (Å²) in [5.41, 5.74) is 0.612. The van der Waals surface area contributed by atoms with Crippen molar-refractivity contribution in [3.63, 3.8) is 0 Å². The summed E-state index contributed by atoms with van der Waals surface area (Å²) in [6, 6.07) is 1.80. The van der Waals surface area contributed by atoms with Crippen molar-refractivity contribution in [2.24, 2.45) is 0 Å². The van der Waals surface area contributed by atoms with E-state index in [1.165, 1.54) is 0 Å². The minimum absolute atomic E-state index is 0.0966. The first-order valence-corrected chi connectivity index (χ1v) is 4.76. The summed E-state index contributed by atoms with van der Waals surface area (Å²) >= 11 is 0. The second kappa shape index (κ2) is 4.42. The van der Waals surface area contributed by atoms with Crippen LogP contribution in [0, 0.1) is 0 Å². The third-order valence-electron chi connectivity index (χ3n) is 1.79. The molecule has 0 atom stereocenters. The van der Waals surface area contributed by atoms with Crippen LogP contribution in [0.4, 0.5) is 0 Å². The molecular weight excluding hydrogens is 178 g/mol. The van der Waals surface area contributed by atoms with Crippen molar-refractivity contribution in [1.29, 1.82) is 0 Å². The van der Waals surface area contributed by atoms with E-state index in [-0.39, 0.29) is 5.60 Å². The van der Waals surface area contributed by atoms with Crippen molar-refractivity contribution < 1.29 is 9.53 Å². The Hall–Kier alpha value is -1.09. The highest BCUT2D eigenvalue weighted by Crippen LogP contribution is 2.06. The van der Waals surface area contributed by atoms with E-state index >= 15 is 0 Å². The van der Waals surface area contributed by atoms with Gasteiger partial charge in [-0.05, 0) is 26.8 Å². The molecule has 0 unspecified atom stereocenters. The molecule has 0 bridgehead atoms. The molecule has 0 amide bonds. The van der Waals surface area contributed by atoms with Crippen LogP contribution in [0.3, 0.4) is 0 Å². The standard InChI is InChI=1S/C11H17NO2/c1-11(2,3)14-7-6-12-5-4-10(8-12)9-13/h4-5,8-9H,6-7H2,1-3H3. The SMILES string of the molecule is CC(C)(C)OCCn1ccc(C=O)c1. The third-order valence-corrected chi connectivity index (χ3v) is 1.79. The fourth-order valence-electron chi connectivity index (χ4n) is 1.13. The van der Waals surface area contributed by atoms with E-state index in [2.05, 4.69) is 0 Å². The zero-order chi connectivity index (χ0) is 10.6. The predicted octanol–water partition coefficient (Wildman–Crippen LogP) is 2.12.